The number of ether oxygens (including phenoxy) is 2. The van der Waals surface area contributed by atoms with E-state index in [4.69, 9.17) is 9.47 Å². The van der Waals surface area contributed by atoms with Gasteiger partial charge in [0.25, 0.3) is 0 Å². The Morgan fingerprint density at radius 1 is 1.22 bits per heavy atom. The first-order chi connectivity index (χ1) is 17.4. The highest BCUT2D eigenvalue weighted by molar-refractivity contribution is 5.75. The molecule has 1 N–H and O–H groups in total. The van der Waals surface area contributed by atoms with Gasteiger partial charge < -0.3 is 14.8 Å². The second kappa shape index (κ2) is 10.4. The second-order valence-corrected chi connectivity index (χ2v) is 10.3. The number of esters is 1. The van der Waals surface area contributed by atoms with Gasteiger partial charge in [0.2, 0.25) is 0 Å². The van der Waals surface area contributed by atoms with Crippen LogP contribution in [0.15, 0.2) is 48.7 Å². The molecule has 1 aromatic heterocycles. The summed E-state index contributed by atoms with van der Waals surface area (Å²) in [5.74, 6) is 0.629. The minimum atomic E-state index is -0.368. The minimum Gasteiger partial charge on any atom is -0.462 e. The molecule has 0 unspecified atom stereocenters. The van der Waals surface area contributed by atoms with E-state index in [0.29, 0.717) is 18.4 Å². The number of nitrogens with one attached hydrogen (secondary N) is 1. The third-order valence-electron chi connectivity index (χ3n) is 8.18. The molecule has 0 bridgehead atoms. The van der Waals surface area contributed by atoms with Gasteiger partial charge in [-0.15, -0.1) is 0 Å². The molecule has 2 aliphatic carbocycles. The van der Waals surface area contributed by atoms with Gasteiger partial charge in [0.05, 0.1) is 18.2 Å². The molecular formula is C29H33FN2O4. The van der Waals surface area contributed by atoms with Crippen molar-refractivity contribution in [3.8, 4) is 11.1 Å². The third kappa shape index (κ3) is 5.01. The Labute approximate surface area is 211 Å². The lowest BCUT2D eigenvalue weighted by molar-refractivity contribution is -0.144. The van der Waals surface area contributed by atoms with Crippen molar-refractivity contribution in [2.24, 2.45) is 29.6 Å². The fraction of sp³-hybridized carbons (Fsp3) is 0.483. The molecule has 2 heterocycles. The number of nitrogens with zero attached hydrogens (tertiary/aromatic N) is 1. The Morgan fingerprint density at radius 3 is 2.83 bits per heavy atom. The Bertz CT molecular complexity index is 1130. The van der Waals surface area contributed by atoms with Crippen LogP contribution in [0.1, 0.15) is 45.2 Å². The first-order valence-corrected chi connectivity index (χ1v) is 13.0. The van der Waals surface area contributed by atoms with E-state index in [-0.39, 0.29) is 47.8 Å². The fourth-order valence-electron chi connectivity index (χ4n) is 6.64. The highest BCUT2D eigenvalue weighted by Crippen LogP contribution is 2.53. The van der Waals surface area contributed by atoms with E-state index in [1.54, 1.807) is 19.2 Å². The number of alkyl carbamates (subject to hydrolysis) is 1. The number of hydrogen-bond acceptors (Lipinski definition) is 5. The number of cyclic esters (lactones) is 1. The van der Waals surface area contributed by atoms with Crippen LogP contribution in [0.3, 0.4) is 0 Å². The first-order valence-electron chi connectivity index (χ1n) is 13.0. The van der Waals surface area contributed by atoms with Crippen molar-refractivity contribution in [1.82, 2.24) is 10.3 Å². The summed E-state index contributed by atoms with van der Waals surface area (Å²) in [6, 6.07) is 10.4. The monoisotopic (exact) mass is 492 g/mol. The summed E-state index contributed by atoms with van der Waals surface area (Å²) < 4.78 is 24.3. The van der Waals surface area contributed by atoms with E-state index >= 15 is 0 Å². The average Bonchev–Trinajstić information content (AvgIpc) is 3.15. The van der Waals surface area contributed by atoms with Gasteiger partial charge in [0.1, 0.15) is 11.9 Å². The minimum absolute atomic E-state index is 0.0679. The Kier molecular flexibility index (Phi) is 7.08. The number of hydrogen-bond donors (Lipinski definition) is 1. The fourth-order valence-corrected chi connectivity index (χ4v) is 6.64. The van der Waals surface area contributed by atoms with Crippen LogP contribution in [0, 0.1) is 35.4 Å². The van der Waals surface area contributed by atoms with E-state index in [2.05, 4.69) is 16.4 Å². The molecular weight excluding hydrogens is 459 g/mol. The number of allylic oxidation sites excluding steroid dienone is 1. The summed E-state index contributed by atoms with van der Waals surface area (Å²) in [5.41, 5.74) is 2.48. The van der Waals surface area contributed by atoms with Crippen molar-refractivity contribution in [1.29, 1.82) is 0 Å². The number of carbonyl (C=O) groups excluding carboxylic acids is 2. The molecule has 36 heavy (non-hydrogen) atoms. The van der Waals surface area contributed by atoms with Crippen molar-refractivity contribution >= 4 is 18.1 Å². The Morgan fingerprint density at radius 2 is 2.08 bits per heavy atom. The molecule has 5 rings (SSSR count). The number of benzene rings is 1. The molecule has 1 saturated heterocycles. The quantitative estimate of drug-likeness (QED) is 0.548. The van der Waals surface area contributed by atoms with E-state index in [1.807, 2.05) is 31.2 Å². The van der Waals surface area contributed by atoms with Gasteiger partial charge in [-0.2, -0.15) is 0 Å². The molecule has 190 valence electrons. The first kappa shape index (κ1) is 24.5. The molecule has 2 aromatic rings. The van der Waals surface area contributed by atoms with Crippen LogP contribution in [0.2, 0.25) is 0 Å². The SMILES string of the molecule is CCOC(=O)N[C@H]1CC[C@H]2[C@@H](C1)C[C@@H]1C(=O)O[C@H](C)[C@@H]1[C@H]2/C=C/c1ccc(-c2cccc(F)c2)cn1. The molecule has 7 atom stereocenters. The van der Waals surface area contributed by atoms with E-state index in [9.17, 15) is 14.0 Å². The van der Waals surface area contributed by atoms with Crippen molar-refractivity contribution in [3.63, 3.8) is 0 Å². The summed E-state index contributed by atoms with van der Waals surface area (Å²) in [4.78, 5) is 29.2. The van der Waals surface area contributed by atoms with E-state index in [0.717, 1.165) is 42.5 Å². The number of amides is 1. The summed E-state index contributed by atoms with van der Waals surface area (Å²) in [6.45, 7) is 4.15. The zero-order valence-corrected chi connectivity index (χ0v) is 20.7. The highest BCUT2D eigenvalue weighted by atomic mass is 19.1. The maximum atomic E-state index is 13.6. The van der Waals surface area contributed by atoms with Gasteiger partial charge in [-0.25, -0.2) is 9.18 Å². The maximum Gasteiger partial charge on any atom is 0.407 e. The molecule has 1 amide bonds. The number of pyridine rings is 1. The number of fused-ring (bicyclic) bond motifs is 2. The predicted molar refractivity (Wildman–Crippen MR) is 134 cm³/mol. The topological polar surface area (TPSA) is 77.5 Å². The largest absolute Gasteiger partial charge is 0.462 e. The van der Waals surface area contributed by atoms with Crippen molar-refractivity contribution in [3.05, 3.63) is 60.2 Å². The van der Waals surface area contributed by atoms with Gasteiger partial charge in [-0.05, 0) is 87.1 Å². The van der Waals surface area contributed by atoms with E-state index in [1.165, 1.54) is 12.1 Å². The molecule has 0 radical (unpaired) electrons. The molecule has 3 fully saturated rings. The van der Waals surface area contributed by atoms with Crippen molar-refractivity contribution < 1.29 is 23.5 Å². The Balaban J connectivity index is 1.34. The summed E-state index contributed by atoms with van der Waals surface area (Å²) in [5, 5.41) is 3.00. The lowest BCUT2D eigenvalue weighted by atomic mass is 9.57. The van der Waals surface area contributed by atoms with Gasteiger partial charge in [-0.1, -0.05) is 24.3 Å². The van der Waals surface area contributed by atoms with Crippen LogP contribution in [-0.2, 0) is 14.3 Å². The van der Waals surface area contributed by atoms with Crippen LogP contribution in [0.4, 0.5) is 9.18 Å². The van der Waals surface area contributed by atoms with Crippen LogP contribution in [0.5, 0.6) is 0 Å². The van der Waals surface area contributed by atoms with E-state index < -0.39 is 0 Å². The van der Waals surface area contributed by atoms with Gasteiger partial charge in [0.15, 0.2) is 0 Å². The maximum absolute atomic E-state index is 13.6. The molecule has 1 aromatic carbocycles. The lowest BCUT2D eigenvalue weighted by Gasteiger charge is -2.47. The predicted octanol–water partition coefficient (Wildman–Crippen LogP) is 5.63. The number of aromatic nitrogens is 1. The van der Waals surface area contributed by atoms with Gasteiger partial charge in [-0.3, -0.25) is 9.78 Å². The smallest absolute Gasteiger partial charge is 0.407 e. The van der Waals surface area contributed by atoms with Crippen molar-refractivity contribution in [2.75, 3.05) is 6.61 Å². The highest BCUT2D eigenvalue weighted by Gasteiger charge is 2.54. The standard InChI is InChI=1S/C29H33FN2O4/c1-3-35-29(34)32-23-10-11-24-20(14-23)15-26-27(17(2)36-28(26)33)25(24)12-9-22-8-7-19(16-31-22)18-5-4-6-21(30)13-18/h4-9,12-13,16-17,20,23-27H,3,10-11,14-15H2,1-2H3,(H,32,34)/b12-9+/t17-,20+,23+,24+,25+,26+,27-/m1/s1. The summed E-state index contributed by atoms with van der Waals surface area (Å²) >= 11 is 0. The van der Waals surface area contributed by atoms with Crippen LogP contribution < -0.4 is 5.32 Å². The van der Waals surface area contributed by atoms with Crippen LogP contribution in [-0.4, -0.2) is 35.8 Å². The number of halogens is 1. The Hall–Kier alpha value is -3.22. The van der Waals surface area contributed by atoms with Crippen LogP contribution in [0.25, 0.3) is 17.2 Å². The number of carbonyl (C=O) groups is 2. The molecule has 1 aliphatic heterocycles. The van der Waals surface area contributed by atoms with Gasteiger partial charge in [0, 0.05) is 23.7 Å². The molecule has 0 spiro atoms. The normalized spacial score (nSPS) is 31.4. The molecule has 6 nitrogen and oxygen atoms in total. The zero-order chi connectivity index (χ0) is 25.2. The summed E-state index contributed by atoms with van der Waals surface area (Å²) in [7, 11) is 0. The van der Waals surface area contributed by atoms with Crippen molar-refractivity contribution in [2.45, 2.75) is 51.7 Å². The summed E-state index contributed by atoms with van der Waals surface area (Å²) in [6.07, 6.45) is 9.07. The lowest BCUT2D eigenvalue weighted by Crippen LogP contribution is -2.48. The zero-order valence-electron chi connectivity index (χ0n) is 20.7. The second-order valence-electron chi connectivity index (χ2n) is 10.3. The molecule has 7 heteroatoms. The third-order valence-corrected chi connectivity index (χ3v) is 8.18. The molecule has 3 aliphatic rings. The molecule has 2 saturated carbocycles. The van der Waals surface area contributed by atoms with Crippen LogP contribution >= 0.6 is 0 Å². The average molecular weight is 493 g/mol. The van der Waals surface area contributed by atoms with Gasteiger partial charge >= 0.3 is 12.1 Å². The number of rotatable bonds is 5.